The Balaban J connectivity index is 2.48. The van der Waals surface area contributed by atoms with Crippen LogP contribution in [-0.2, 0) is 0 Å². The lowest BCUT2D eigenvalue weighted by Crippen LogP contribution is -2.18. The summed E-state index contributed by atoms with van der Waals surface area (Å²) in [7, 11) is 0. The molecular formula is C12H15N3S2. The number of nitrogens with one attached hydrogen (secondary N) is 1. The van der Waals surface area contributed by atoms with Crippen LogP contribution in [0.5, 0.6) is 0 Å². The van der Waals surface area contributed by atoms with E-state index in [9.17, 15) is 0 Å². The molecule has 1 atom stereocenters. The number of thiazole rings is 1. The largest absolute Gasteiger partial charge is 0.376 e. The SMILES string of the molecule is CC[C@H](C)c1cccc2sc(NC(N)=S)nc12. The van der Waals surface area contributed by atoms with Gasteiger partial charge in [0, 0.05) is 0 Å². The van der Waals surface area contributed by atoms with Crippen LogP contribution in [0.25, 0.3) is 10.2 Å². The average molecular weight is 265 g/mol. The molecule has 3 N–H and O–H groups in total. The zero-order valence-corrected chi connectivity index (χ0v) is 11.5. The number of hydrogen-bond acceptors (Lipinski definition) is 3. The number of aromatic nitrogens is 1. The molecule has 3 nitrogen and oxygen atoms in total. The van der Waals surface area contributed by atoms with Crippen molar-refractivity contribution in [1.29, 1.82) is 0 Å². The summed E-state index contributed by atoms with van der Waals surface area (Å²) in [6, 6.07) is 6.29. The van der Waals surface area contributed by atoms with Gasteiger partial charge >= 0.3 is 0 Å². The molecule has 5 heteroatoms. The summed E-state index contributed by atoms with van der Waals surface area (Å²) in [6.07, 6.45) is 1.11. The Kier molecular flexibility index (Phi) is 3.59. The lowest BCUT2D eigenvalue weighted by molar-refractivity contribution is 0.738. The van der Waals surface area contributed by atoms with Gasteiger partial charge in [0.2, 0.25) is 0 Å². The van der Waals surface area contributed by atoms with E-state index in [-0.39, 0.29) is 5.11 Å². The van der Waals surface area contributed by atoms with Crippen molar-refractivity contribution in [3.05, 3.63) is 23.8 Å². The second kappa shape index (κ2) is 4.98. The van der Waals surface area contributed by atoms with Crippen molar-refractivity contribution in [2.75, 3.05) is 5.32 Å². The van der Waals surface area contributed by atoms with Gasteiger partial charge in [-0.2, -0.15) is 0 Å². The van der Waals surface area contributed by atoms with Gasteiger partial charge in [0.1, 0.15) is 0 Å². The van der Waals surface area contributed by atoms with E-state index in [1.807, 2.05) is 0 Å². The number of fused-ring (bicyclic) bond motifs is 1. The third kappa shape index (κ3) is 2.56. The molecule has 0 amide bonds. The number of para-hydroxylation sites is 1. The van der Waals surface area contributed by atoms with Crippen LogP contribution in [0.3, 0.4) is 0 Å². The third-order valence-corrected chi connectivity index (χ3v) is 3.86. The molecule has 1 aromatic carbocycles. The van der Waals surface area contributed by atoms with E-state index in [4.69, 9.17) is 18.0 Å². The number of nitrogens with zero attached hydrogens (tertiary/aromatic N) is 1. The predicted octanol–water partition coefficient (Wildman–Crippen LogP) is 3.47. The molecule has 0 aliphatic carbocycles. The van der Waals surface area contributed by atoms with Gasteiger partial charge in [0.05, 0.1) is 10.2 Å². The number of thiocarbonyl (C=S) groups is 1. The highest BCUT2D eigenvalue weighted by Crippen LogP contribution is 2.32. The van der Waals surface area contributed by atoms with Crippen molar-refractivity contribution in [2.24, 2.45) is 5.73 Å². The molecule has 2 rings (SSSR count). The molecule has 0 spiro atoms. The van der Waals surface area contributed by atoms with Gasteiger partial charge in [0.15, 0.2) is 10.2 Å². The highest BCUT2D eigenvalue weighted by atomic mass is 32.1. The maximum Gasteiger partial charge on any atom is 0.190 e. The quantitative estimate of drug-likeness (QED) is 0.834. The summed E-state index contributed by atoms with van der Waals surface area (Å²) < 4.78 is 1.17. The van der Waals surface area contributed by atoms with Crippen LogP contribution < -0.4 is 11.1 Å². The summed E-state index contributed by atoms with van der Waals surface area (Å²) in [5.41, 5.74) is 7.81. The Hall–Kier alpha value is -1.20. The van der Waals surface area contributed by atoms with Crippen LogP contribution in [-0.4, -0.2) is 10.1 Å². The topological polar surface area (TPSA) is 50.9 Å². The van der Waals surface area contributed by atoms with E-state index in [1.54, 1.807) is 11.3 Å². The molecule has 1 aromatic heterocycles. The fraction of sp³-hybridized carbons (Fsp3) is 0.333. The highest BCUT2D eigenvalue weighted by Gasteiger charge is 2.12. The van der Waals surface area contributed by atoms with Gasteiger partial charge in [0.25, 0.3) is 0 Å². The second-order valence-electron chi connectivity index (χ2n) is 4.01. The third-order valence-electron chi connectivity index (χ3n) is 2.82. The van der Waals surface area contributed by atoms with Crippen LogP contribution in [0, 0.1) is 0 Å². The second-order valence-corrected chi connectivity index (χ2v) is 5.48. The van der Waals surface area contributed by atoms with E-state index >= 15 is 0 Å². The highest BCUT2D eigenvalue weighted by molar-refractivity contribution is 7.80. The van der Waals surface area contributed by atoms with Gasteiger partial charge in [-0.05, 0) is 36.2 Å². The van der Waals surface area contributed by atoms with Gasteiger partial charge in [-0.15, -0.1) is 0 Å². The lowest BCUT2D eigenvalue weighted by Gasteiger charge is -2.08. The first-order valence-corrected chi connectivity index (χ1v) is 6.80. The molecule has 0 unspecified atom stereocenters. The summed E-state index contributed by atoms with van der Waals surface area (Å²) >= 11 is 6.40. The Morgan fingerprint density at radius 3 is 3.00 bits per heavy atom. The maximum atomic E-state index is 5.46. The zero-order chi connectivity index (χ0) is 12.4. The fourth-order valence-corrected chi connectivity index (χ4v) is 2.82. The predicted molar refractivity (Wildman–Crippen MR) is 78.7 cm³/mol. The van der Waals surface area contributed by atoms with Crippen molar-refractivity contribution in [3.8, 4) is 0 Å². The Morgan fingerprint density at radius 1 is 1.59 bits per heavy atom. The molecule has 2 aromatic rings. The minimum absolute atomic E-state index is 0.258. The van der Waals surface area contributed by atoms with Crippen LogP contribution in [0.4, 0.5) is 5.13 Å². The molecule has 17 heavy (non-hydrogen) atoms. The van der Waals surface area contributed by atoms with E-state index < -0.39 is 0 Å². The van der Waals surface area contributed by atoms with E-state index in [0.29, 0.717) is 5.92 Å². The molecular weight excluding hydrogens is 250 g/mol. The van der Waals surface area contributed by atoms with Crippen molar-refractivity contribution in [2.45, 2.75) is 26.2 Å². The first kappa shape index (κ1) is 12.3. The van der Waals surface area contributed by atoms with Crippen molar-refractivity contribution in [3.63, 3.8) is 0 Å². The summed E-state index contributed by atoms with van der Waals surface area (Å²) in [5, 5.41) is 3.92. The van der Waals surface area contributed by atoms with Crippen LogP contribution in [0.1, 0.15) is 31.7 Å². The first-order valence-electron chi connectivity index (χ1n) is 5.57. The van der Waals surface area contributed by atoms with Crippen LogP contribution in [0.2, 0.25) is 0 Å². The lowest BCUT2D eigenvalue weighted by atomic mass is 9.98. The molecule has 0 radical (unpaired) electrons. The minimum Gasteiger partial charge on any atom is -0.376 e. The molecule has 90 valence electrons. The molecule has 0 bridgehead atoms. The summed E-state index contributed by atoms with van der Waals surface area (Å²) in [4.78, 5) is 4.56. The fourth-order valence-electron chi connectivity index (χ4n) is 1.75. The molecule has 0 saturated carbocycles. The van der Waals surface area contributed by atoms with Crippen LogP contribution >= 0.6 is 23.6 Å². The maximum absolute atomic E-state index is 5.46. The Labute approximate surface area is 110 Å². The van der Waals surface area contributed by atoms with Crippen molar-refractivity contribution < 1.29 is 0 Å². The number of anilines is 1. The molecule has 0 aliphatic heterocycles. The zero-order valence-electron chi connectivity index (χ0n) is 9.86. The normalized spacial score (nSPS) is 12.6. The van der Waals surface area contributed by atoms with Gasteiger partial charge < -0.3 is 11.1 Å². The standard InChI is InChI=1S/C12H15N3S2/c1-3-7(2)8-5-4-6-9-10(8)14-12(17-9)15-11(13)16/h4-7H,3H2,1-2H3,(H3,13,14,15,16)/t7-/m0/s1. The minimum atomic E-state index is 0.258. The van der Waals surface area contributed by atoms with Gasteiger partial charge in [-0.3, -0.25) is 0 Å². The smallest absolute Gasteiger partial charge is 0.190 e. The van der Waals surface area contributed by atoms with E-state index in [0.717, 1.165) is 17.1 Å². The summed E-state index contributed by atoms with van der Waals surface area (Å²) in [6.45, 7) is 4.40. The Morgan fingerprint density at radius 2 is 2.35 bits per heavy atom. The van der Waals surface area contributed by atoms with E-state index in [1.165, 1.54) is 10.3 Å². The van der Waals surface area contributed by atoms with Crippen molar-refractivity contribution >= 4 is 44.0 Å². The molecule has 0 saturated heterocycles. The number of benzene rings is 1. The van der Waals surface area contributed by atoms with E-state index in [2.05, 4.69) is 42.3 Å². The number of hydrogen-bond donors (Lipinski definition) is 2. The number of rotatable bonds is 3. The first-order chi connectivity index (χ1) is 8.11. The van der Waals surface area contributed by atoms with Crippen LogP contribution in [0.15, 0.2) is 18.2 Å². The summed E-state index contributed by atoms with van der Waals surface area (Å²) in [5.74, 6) is 0.512. The van der Waals surface area contributed by atoms with Gasteiger partial charge in [-0.25, -0.2) is 4.98 Å². The van der Waals surface area contributed by atoms with Crippen molar-refractivity contribution in [1.82, 2.24) is 4.98 Å². The average Bonchev–Trinajstić information content (AvgIpc) is 2.68. The van der Waals surface area contributed by atoms with Gasteiger partial charge in [-0.1, -0.05) is 37.3 Å². The molecule has 0 aliphatic rings. The Bertz CT molecular complexity index is 548. The number of nitrogens with two attached hydrogens (primary N) is 1. The molecule has 0 fully saturated rings. The monoisotopic (exact) mass is 265 g/mol. The molecule has 1 heterocycles.